The highest BCUT2D eigenvalue weighted by molar-refractivity contribution is 7.89. The molecule has 6 nitrogen and oxygen atoms in total. The largest absolute Gasteiger partial charge is 0.370 e. The van der Waals surface area contributed by atoms with E-state index in [4.69, 9.17) is 0 Å². The van der Waals surface area contributed by atoms with Crippen molar-refractivity contribution in [3.05, 3.63) is 59.7 Å². The van der Waals surface area contributed by atoms with Crippen molar-refractivity contribution in [3.8, 4) is 0 Å². The van der Waals surface area contributed by atoms with Gasteiger partial charge in [0.2, 0.25) is 15.9 Å². The topological polar surface area (TPSA) is 69.7 Å². The van der Waals surface area contributed by atoms with E-state index < -0.39 is 10.0 Å². The summed E-state index contributed by atoms with van der Waals surface area (Å²) < 4.78 is 27.0. The molecule has 1 heterocycles. The van der Waals surface area contributed by atoms with E-state index in [9.17, 15) is 13.2 Å². The summed E-state index contributed by atoms with van der Waals surface area (Å²) in [6.45, 7) is 7.51. The second-order valence-corrected chi connectivity index (χ2v) is 9.99. The average molecular weight is 444 g/mol. The first-order valence-electron chi connectivity index (χ1n) is 11.1. The molecule has 168 valence electrons. The first-order valence-corrected chi connectivity index (χ1v) is 12.5. The molecule has 0 unspecified atom stereocenters. The molecule has 0 bridgehead atoms. The second-order valence-electron chi connectivity index (χ2n) is 8.05. The minimum absolute atomic E-state index is 0.0630. The number of sulfonamides is 1. The van der Waals surface area contributed by atoms with Crippen LogP contribution in [0.2, 0.25) is 0 Å². The molecule has 0 spiro atoms. The van der Waals surface area contributed by atoms with Crippen LogP contribution in [0.3, 0.4) is 0 Å². The van der Waals surface area contributed by atoms with Gasteiger partial charge in [-0.25, -0.2) is 8.42 Å². The summed E-state index contributed by atoms with van der Waals surface area (Å²) >= 11 is 0. The van der Waals surface area contributed by atoms with Crippen LogP contribution in [0.5, 0.6) is 0 Å². The molecule has 1 saturated heterocycles. The molecular weight excluding hydrogens is 410 g/mol. The van der Waals surface area contributed by atoms with Crippen LogP contribution in [0.1, 0.15) is 37.3 Å². The van der Waals surface area contributed by atoms with Gasteiger partial charge in [-0.05, 0) is 62.1 Å². The lowest BCUT2D eigenvalue weighted by atomic mass is 10.1. The Labute approximate surface area is 186 Å². The van der Waals surface area contributed by atoms with Crippen molar-refractivity contribution in [2.24, 2.45) is 0 Å². The van der Waals surface area contributed by atoms with Crippen molar-refractivity contribution in [1.29, 1.82) is 0 Å². The van der Waals surface area contributed by atoms with E-state index in [-0.39, 0.29) is 12.3 Å². The van der Waals surface area contributed by atoms with Crippen LogP contribution >= 0.6 is 0 Å². The van der Waals surface area contributed by atoms with Crippen molar-refractivity contribution in [2.45, 2.75) is 44.4 Å². The van der Waals surface area contributed by atoms with Crippen LogP contribution in [0, 0.1) is 6.92 Å². The van der Waals surface area contributed by atoms with Crippen molar-refractivity contribution in [1.82, 2.24) is 9.62 Å². The molecule has 0 saturated carbocycles. The number of amides is 1. The summed E-state index contributed by atoms with van der Waals surface area (Å²) in [4.78, 5) is 14.9. The summed E-state index contributed by atoms with van der Waals surface area (Å²) in [7, 11) is -3.44. The van der Waals surface area contributed by atoms with Crippen LogP contribution in [-0.4, -0.2) is 51.4 Å². The van der Waals surface area contributed by atoms with Gasteiger partial charge in [-0.15, -0.1) is 0 Å². The molecule has 0 atom stereocenters. The Bertz CT molecular complexity index is 968. The SMILES string of the molecule is CCN(CCNC(=O)Cc1ccc(S(=O)(=O)N2CCCCC2)cc1)c1cccc(C)c1. The number of nitrogens with zero attached hydrogens (tertiary/aromatic N) is 2. The second kappa shape index (κ2) is 10.8. The van der Waals surface area contributed by atoms with Gasteiger partial charge in [-0.3, -0.25) is 4.79 Å². The molecule has 1 aliphatic heterocycles. The zero-order chi connectivity index (χ0) is 22.3. The third-order valence-corrected chi connectivity index (χ3v) is 7.61. The van der Waals surface area contributed by atoms with Crippen molar-refractivity contribution in [3.63, 3.8) is 0 Å². The first kappa shape index (κ1) is 23.3. The molecular formula is C24H33N3O3S. The lowest BCUT2D eigenvalue weighted by molar-refractivity contribution is -0.120. The summed E-state index contributed by atoms with van der Waals surface area (Å²) in [6, 6.07) is 15.0. The molecule has 2 aromatic carbocycles. The monoisotopic (exact) mass is 443 g/mol. The highest BCUT2D eigenvalue weighted by Gasteiger charge is 2.25. The predicted octanol–water partition coefficient (Wildman–Crippen LogP) is 3.35. The third kappa shape index (κ3) is 6.31. The smallest absolute Gasteiger partial charge is 0.243 e. The number of nitrogens with one attached hydrogen (secondary N) is 1. The molecule has 1 amide bonds. The number of anilines is 1. The number of carbonyl (C=O) groups is 1. The fourth-order valence-corrected chi connectivity index (χ4v) is 5.42. The van der Waals surface area contributed by atoms with E-state index >= 15 is 0 Å². The van der Waals surface area contributed by atoms with E-state index in [0.717, 1.165) is 43.6 Å². The van der Waals surface area contributed by atoms with Crippen LogP contribution in [0.25, 0.3) is 0 Å². The Balaban J connectivity index is 1.50. The molecule has 7 heteroatoms. The van der Waals surface area contributed by atoms with Crippen LogP contribution in [-0.2, 0) is 21.2 Å². The minimum atomic E-state index is -3.44. The Hall–Kier alpha value is -2.38. The molecule has 3 rings (SSSR count). The van der Waals surface area contributed by atoms with Gasteiger partial charge < -0.3 is 10.2 Å². The van der Waals surface area contributed by atoms with Gasteiger partial charge in [-0.2, -0.15) is 4.31 Å². The lowest BCUT2D eigenvalue weighted by Crippen LogP contribution is -2.36. The van der Waals surface area contributed by atoms with Crippen LogP contribution in [0.15, 0.2) is 53.4 Å². The molecule has 0 aliphatic carbocycles. The molecule has 31 heavy (non-hydrogen) atoms. The lowest BCUT2D eigenvalue weighted by Gasteiger charge is -2.25. The summed E-state index contributed by atoms with van der Waals surface area (Å²) in [5, 5.41) is 2.97. The number of likely N-dealkylation sites (N-methyl/N-ethyl adjacent to an activating group) is 1. The van der Waals surface area contributed by atoms with Gasteiger partial charge in [0.25, 0.3) is 0 Å². The number of benzene rings is 2. The fourth-order valence-electron chi connectivity index (χ4n) is 3.91. The normalized spacial score (nSPS) is 14.9. The number of hydrogen-bond donors (Lipinski definition) is 1. The zero-order valence-corrected chi connectivity index (χ0v) is 19.3. The van der Waals surface area contributed by atoms with Crippen LogP contribution in [0.4, 0.5) is 5.69 Å². The third-order valence-electron chi connectivity index (χ3n) is 5.69. The molecule has 1 fully saturated rings. The molecule has 1 N–H and O–H groups in total. The Kier molecular flexibility index (Phi) is 8.09. The van der Waals surface area contributed by atoms with Gasteiger partial charge in [-0.1, -0.05) is 30.7 Å². The van der Waals surface area contributed by atoms with Gasteiger partial charge in [0.15, 0.2) is 0 Å². The average Bonchev–Trinajstić information content (AvgIpc) is 2.78. The van der Waals surface area contributed by atoms with E-state index in [1.54, 1.807) is 28.6 Å². The van der Waals surface area contributed by atoms with Gasteiger partial charge in [0.1, 0.15) is 0 Å². The maximum Gasteiger partial charge on any atom is 0.243 e. The Morgan fingerprint density at radius 2 is 1.77 bits per heavy atom. The van der Waals surface area contributed by atoms with Crippen molar-refractivity contribution in [2.75, 3.05) is 37.6 Å². The number of piperidine rings is 1. The fraction of sp³-hybridized carbons (Fsp3) is 0.458. The Morgan fingerprint density at radius 3 is 2.42 bits per heavy atom. The predicted molar refractivity (Wildman–Crippen MR) is 125 cm³/mol. The standard InChI is InChI=1S/C24H33N3O3S/c1-3-26(22-9-7-8-20(2)18-22)17-14-25-24(28)19-21-10-12-23(13-11-21)31(29,30)27-15-5-4-6-16-27/h7-13,18H,3-6,14-17,19H2,1-2H3,(H,25,28). The number of hydrogen-bond acceptors (Lipinski definition) is 4. The van der Waals surface area contributed by atoms with Crippen molar-refractivity contribution >= 4 is 21.6 Å². The van der Waals surface area contributed by atoms with Crippen molar-refractivity contribution < 1.29 is 13.2 Å². The highest BCUT2D eigenvalue weighted by Crippen LogP contribution is 2.21. The molecule has 1 aliphatic rings. The highest BCUT2D eigenvalue weighted by atomic mass is 32.2. The van der Waals surface area contributed by atoms with Gasteiger partial charge in [0.05, 0.1) is 11.3 Å². The zero-order valence-electron chi connectivity index (χ0n) is 18.5. The summed E-state index contributed by atoms with van der Waals surface area (Å²) in [5.41, 5.74) is 3.18. The number of aryl methyl sites for hydroxylation is 1. The van der Waals surface area contributed by atoms with E-state index in [1.807, 2.05) is 6.07 Å². The minimum Gasteiger partial charge on any atom is -0.370 e. The Morgan fingerprint density at radius 1 is 1.06 bits per heavy atom. The van der Waals surface area contributed by atoms with Crippen LogP contribution < -0.4 is 10.2 Å². The number of carbonyl (C=O) groups excluding carboxylic acids is 1. The van der Waals surface area contributed by atoms with E-state index in [2.05, 4.69) is 42.3 Å². The van der Waals surface area contributed by atoms with E-state index in [1.165, 1.54) is 5.56 Å². The molecule has 0 aromatic heterocycles. The summed E-state index contributed by atoms with van der Waals surface area (Å²) in [5.74, 6) is -0.0630. The van der Waals surface area contributed by atoms with Gasteiger partial charge in [0, 0.05) is 38.4 Å². The van der Waals surface area contributed by atoms with Gasteiger partial charge >= 0.3 is 0 Å². The first-order chi connectivity index (χ1) is 14.9. The quantitative estimate of drug-likeness (QED) is 0.645. The molecule has 2 aromatic rings. The maximum absolute atomic E-state index is 12.7. The number of rotatable bonds is 9. The van der Waals surface area contributed by atoms with E-state index in [0.29, 0.717) is 24.5 Å². The maximum atomic E-state index is 12.7. The molecule has 0 radical (unpaired) electrons. The summed E-state index contributed by atoms with van der Waals surface area (Å²) in [6.07, 6.45) is 3.15.